The van der Waals surface area contributed by atoms with Crippen LogP contribution in [0.5, 0.6) is 0 Å². The van der Waals surface area contributed by atoms with Crippen molar-refractivity contribution in [3.8, 4) is 0 Å². The summed E-state index contributed by atoms with van der Waals surface area (Å²) in [5.41, 5.74) is 2.45. The summed E-state index contributed by atoms with van der Waals surface area (Å²) in [4.78, 5) is 0. The van der Waals surface area contributed by atoms with E-state index in [-0.39, 0.29) is 0 Å². The summed E-state index contributed by atoms with van der Waals surface area (Å²) in [5, 5.41) is 8.13. The van der Waals surface area contributed by atoms with E-state index in [0.717, 1.165) is 18.5 Å². The number of nitrogens with zero attached hydrogens (tertiary/aromatic N) is 3. The molecule has 0 aliphatic heterocycles. The Balaban J connectivity index is 2.34. The summed E-state index contributed by atoms with van der Waals surface area (Å²) in [6, 6.07) is 0. The Morgan fingerprint density at radius 1 is 1.42 bits per heavy atom. The maximum atomic E-state index is 4.12. The van der Waals surface area contributed by atoms with Gasteiger partial charge in [0, 0.05) is 13.5 Å². The van der Waals surface area contributed by atoms with Gasteiger partial charge in [-0.3, -0.25) is 4.68 Å². The highest BCUT2D eigenvalue weighted by Gasteiger charge is 2.09. The lowest BCUT2D eigenvalue weighted by Gasteiger charge is -2.04. The van der Waals surface area contributed by atoms with Gasteiger partial charge in [-0.25, -0.2) is 0 Å². The van der Waals surface area contributed by atoms with Gasteiger partial charge >= 0.3 is 0 Å². The first kappa shape index (κ1) is 7.53. The Bertz CT molecular complexity index is 299. The van der Waals surface area contributed by atoms with E-state index in [1.54, 1.807) is 0 Å². The molecule has 1 aliphatic carbocycles. The molecule has 1 aliphatic rings. The average Bonchev–Trinajstić information content (AvgIpc) is 2.31. The van der Waals surface area contributed by atoms with Gasteiger partial charge in [0.2, 0.25) is 0 Å². The standard InChI is InChI=1S/C9H13N3/c1-12-9-7-5-3-2-4-6-8(9)10-11-12/h2,4H,3,5-7H2,1H3/b4-2-. The first-order valence-electron chi connectivity index (χ1n) is 4.40. The molecule has 0 saturated carbocycles. The molecule has 0 amide bonds. The molecule has 2 rings (SSSR count). The topological polar surface area (TPSA) is 30.7 Å². The van der Waals surface area contributed by atoms with Crippen molar-refractivity contribution in [1.29, 1.82) is 0 Å². The quantitative estimate of drug-likeness (QED) is 0.539. The number of hydrogen-bond acceptors (Lipinski definition) is 2. The van der Waals surface area contributed by atoms with Gasteiger partial charge in [-0.15, -0.1) is 5.10 Å². The fourth-order valence-corrected chi connectivity index (χ4v) is 1.58. The van der Waals surface area contributed by atoms with E-state index in [4.69, 9.17) is 0 Å². The maximum absolute atomic E-state index is 4.12. The van der Waals surface area contributed by atoms with Crippen LogP contribution in [0.25, 0.3) is 0 Å². The molecule has 1 aromatic heterocycles. The summed E-state index contributed by atoms with van der Waals surface area (Å²) in [6.45, 7) is 0. The van der Waals surface area contributed by atoms with Crippen molar-refractivity contribution in [2.45, 2.75) is 25.7 Å². The first-order valence-corrected chi connectivity index (χ1v) is 4.40. The van der Waals surface area contributed by atoms with Gasteiger partial charge in [0.15, 0.2) is 0 Å². The van der Waals surface area contributed by atoms with Crippen LogP contribution in [-0.4, -0.2) is 15.0 Å². The van der Waals surface area contributed by atoms with E-state index in [0.29, 0.717) is 0 Å². The number of allylic oxidation sites excluding steroid dienone is 2. The molecule has 0 unspecified atom stereocenters. The Hall–Kier alpha value is -1.12. The SMILES string of the molecule is Cn1nnc2c1CCC/C=C\C2. The van der Waals surface area contributed by atoms with Gasteiger partial charge in [0.25, 0.3) is 0 Å². The fourth-order valence-electron chi connectivity index (χ4n) is 1.58. The summed E-state index contributed by atoms with van der Waals surface area (Å²) >= 11 is 0. The van der Waals surface area contributed by atoms with Crippen LogP contribution in [0.3, 0.4) is 0 Å². The third-order valence-corrected chi connectivity index (χ3v) is 2.29. The van der Waals surface area contributed by atoms with Gasteiger partial charge in [-0.2, -0.15) is 0 Å². The lowest BCUT2D eigenvalue weighted by Crippen LogP contribution is -2.01. The summed E-state index contributed by atoms with van der Waals surface area (Å²) in [5.74, 6) is 0. The molecule has 3 nitrogen and oxygen atoms in total. The Morgan fingerprint density at radius 2 is 2.33 bits per heavy atom. The van der Waals surface area contributed by atoms with Crippen LogP contribution in [0, 0.1) is 0 Å². The first-order chi connectivity index (χ1) is 5.88. The molecular formula is C9H13N3. The van der Waals surface area contributed by atoms with Crippen LogP contribution >= 0.6 is 0 Å². The predicted octanol–water partition coefficient (Wildman–Crippen LogP) is 1.25. The van der Waals surface area contributed by atoms with E-state index in [1.165, 1.54) is 18.5 Å². The molecule has 0 atom stereocenters. The molecule has 0 spiro atoms. The fraction of sp³-hybridized carbons (Fsp3) is 0.556. The van der Waals surface area contributed by atoms with E-state index in [1.807, 2.05) is 11.7 Å². The highest BCUT2D eigenvalue weighted by molar-refractivity contribution is 5.15. The van der Waals surface area contributed by atoms with E-state index in [9.17, 15) is 0 Å². The van der Waals surface area contributed by atoms with Crippen molar-refractivity contribution >= 4 is 0 Å². The minimum Gasteiger partial charge on any atom is -0.252 e. The minimum absolute atomic E-state index is 0.948. The molecule has 1 heterocycles. The van der Waals surface area contributed by atoms with Crippen molar-refractivity contribution in [2.75, 3.05) is 0 Å². The molecule has 0 fully saturated rings. The monoisotopic (exact) mass is 163 g/mol. The van der Waals surface area contributed by atoms with Crippen LogP contribution in [0.15, 0.2) is 12.2 Å². The van der Waals surface area contributed by atoms with Crippen molar-refractivity contribution < 1.29 is 0 Å². The predicted molar refractivity (Wildman–Crippen MR) is 46.8 cm³/mol. The number of aromatic nitrogens is 3. The normalized spacial score (nSPS) is 19.4. The maximum Gasteiger partial charge on any atom is 0.0896 e. The van der Waals surface area contributed by atoms with Crippen molar-refractivity contribution in [3.05, 3.63) is 23.5 Å². The highest BCUT2D eigenvalue weighted by atomic mass is 15.4. The van der Waals surface area contributed by atoms with Crippen LogP contribution in [0.2, 0.25) is 0 Å². The summed E-state index contributed by atoms with van der Waals surface area (Å²) in [6.07, 6.45) is 8.88. The third kappa shape index (κ3) is 1.26. The second-order valence-electron chi connectivity index (χ2n) is 3.17. The van der Waals surface area contributed by atoms with E-state index in [2.05, 4.69) is 22.5 Å². The molecule has 0 aromatic carbocycles. The van der Waals surface area contributed by atoms with Crippen LogP contribution < -0.4 is 0 Å². The third-order valence-electron chi connectivity index (χ3n) is 2.29. The van der Waals surface area contributed by atoms with Crippen molar-refractivity contribution in [2.24, 2.45) is 7.05 Å². The minimum atomic E-state index is 0.948. The van der Waals surface area contributed by atoms with Gasteiger partial charge in [0.05, 0.1) is 11.4 Å². The number of aryl methyl sites for hydroxylation is 1. The Kier molecular flexibility index (Phi) is 1.94. The molecule has 0 radical (unpaired) electrons. The average molecular weight is 163 g/mol. The summed E-state index contributed by atoms with van der Waals surface area (Å²) in [7, 11) is 1.97. The second kappa shape index (κ2) is 3.09. The zero-order valence-corrected chi connectivity index (χ0v) is 7.32. The van der Waals surface area contributed by atoms with Crippen molar-refractivity contribution in [1.82, 2.24) is 15.0 Å². The zero-order chi connectivity index (χ0) is 8.39. The lowest BCUT2D eigenvalue weighted by atomic mass is 10.1. The van der Waals surface area contributed by atoms with Gasteiger partial charge < -0.3 is 0 Å². The molecule has 64 valence electrons. The number of hydrogen-bond donors (Lipinski definition) is 0. The molecule has 0 saturated heterocycles. The Labute approximate surface area is 72.1 Å². The highest BCUT2D eigenvalue weighted by Crippen LogP contribution is 2.12. The van der Waals surface area contributed by atoms with Crippen molar-refractivity contribution in [3.63, 3.8) is 0 Å². The lowest BCUT2D eigenvalue weighted by molar-refractivity contribution is 0.661. The molecule has 0 bridgehead atoms. The number of fused-ring (bicyclic) bond motifs is 1. The smallest absolute Gasteiger partial charge is 0.0896 e. The van der Waals surface area contributed by atoms with E-state index >= 15 is 0 Å². The zero-order valence-electron chi connectivity index (χ0n) is 7.32. The van der Waals surface area contributed by atoms with Gasteiger partial charge in [-0.05, 0) is 19.3 Å². The summed E-state index contributed by atoms with van der Waals surface area (Å²) < 4.78 is 1.90. The van der Waals surface area contributed by atoms with Crippen LogP contribution in [0.1, 0.15) is 24.2 Å². The van der Waals surface area contributed by atoms with E-state index < -0.39 is 0 Å². The van der Waals surface area contributed by atoms with Crippen LogP contribution in [0.4, 0.5) is 0 Å². The molecule has 0 N–H and O–H groups in total. The molecule has 12 heavy (non-hydrogen) atoms. The second-order valence-corrected chi connectivity index (χ2v) is 3.17. The molecule has 3 heteroatoms. The largest absolute Gasteiger partial charge is 0.252 e. The van der Waals surface area contributed by atoms with Crippen LogP contribution in [-0.2, 0) is 19.9 Å². The van der Waals surface area contributed by atoms with Gasteiger partial charge in [0.1, 0.15) is 0 Å². The number of rotatable bonds is 0. The molecular weight excluding hydrogens is 150 g/mol. The Morgan fingerprint density at radius 3 is 3.25 bits per heavy atom. The molecule has 1 aromatic rings. The van der Waals surface area contributed by atoms with Gasteiger partial charge in [-0.1, -0.05) is 17.4 Å².